The van der Waals surface area contributed by atoms with Gasteiger partial charge in [-0.2, -0.15) is 0 Å². The molecule has 3 aromatic heterocycles. The van der Waals surface area contributed by atoms with Crippen LogP contribution in [0.4, 0.5) is 0 Å². The molecule has 0 fully saturated rings. The highest BCUT2D eigenvalue weighted by Crippen LogP contribution is 2.34. The average Bonchev–Trinajstić information content (AvgIpc) is 3.73. The van der Waals surface area contributed by atoms with Crippen molar-refractivity contribution in [3.05, 3.63) is 94.6 Å². The smallest absolute Gasteiger partial charge is 0.341 e. The van der Waals surface area contributed by atoms with Crippen LogP contribution in [0.25, 0.3) is 17.2 Å². The molecule has 1 aliphatic rings. The van der Waals surface area contributed by atoms with Crippen molar-refractivity contribution in [3.8, 4) is 17.2 Å². The van der Waals surface area contributed by atoms with E-state index in [0.29, 0.717) is 30.3 Å². The first-order chi connectivity index (χ1) is 19.5. The van der Waals surface area contributed by atoms with Gasteiger partial charge in [-0.1, -0.05) is 50.6 Å². The molecule has 2 N–H and O–H groups in total. The van der Waals surface area contributed by atoms with Gasteiger partial charge in [0, 0.05) is 36.7 Å². The molecular formula is C29H34N8O3. The minimum Gasteiger partial charge on any atom is -0.465 e. The third kappa shape index (κ3) is 5.02. The lowest BCUT2D eigenvalue weighted by Gasteiger charge is -2.31. The predicted octanol–water partition coefficient (Wildman–Crippen LogP) is 3.73. The van der Waals surface area contributed by atoms with Crippen molar-refractivity contribution in [2.24, 2.45) is 0 Å². The van der Waals surface area contributed by atoms with Gasteiger partial charge in [0.1, 0.15) is 11.4 Å². The molecular weight excluding hydrogens is 508 g/mol. The van der Waals surface area contributed by atoms with Crippen molar-refractivity contribution in [1.29, 1.82) is 0 Å². The molecule has 0 unspecified atom stereocenters. The number of tetrazole rings is 1. The van der Waals surface area contributed by atoms with Gasteiger partial charge >= 0.3 is 11.7 Å². The van der Waals surface area contributed by atoms with Gasteiger partial charge in [-0.05, 0) is 59.8 Å². The third-order valence-electron chi connectivity index (χ3n) is 7.27. The molecule has 208 valence electrons. The van der Waals surface area contributed by atoms with Crippen LogP contribution >= 0.6 is 0 Å². The molecule has 1 aromatic carbocycles. The van der Waals surface area contributed by atoms with Gasteiger partial charge in [0.05, 0.1) is 12.5 Å². The minimum atomic E-state index is -0.623. The lowest BCUT2D eigenvalue weighted by Crippen LogP contribution is -2.36. The number of H-pyrrole nitrogens is 1. The number of methoxy groups -OCH3 is 1. The summed E-state index contributed by atoms with van der Waals surface area (Å²) in [7, 11) is 1.35. The van der Waals surface area contributed by atoms with Crippen molar-refractivity contribution in [2.75, 3.05) is 7.11 Å². The van der Waals surface area contributed by atoms with E-state index in [2.05, 4.69) is 51.9 Å². The number of carbonyl (C=O) groups excluding carboxylic acids is 1. The SMILES string of the molecule is CCCCc1cn(-c2c(C(=O)OC)ccn2CCC)c(=O)n1CC1(c2cccc(-c3nnn[nH]3)c2)C=CNC=C1. The summed E-state index contributed by atoms with van der Waals surface area (Å²) in [4.78, 5) is 26.9. The predicted molar refractivity (Wildman–Crippen MR) is 151 cm³/mol. The molecule has 1 aliphatic heterocycles. The summed E-state index contributed by atoms with van der Waals surface area (Å²) in [5.41, 5.74) is 2.27. The summed E-state index contributed by atoms with van der Waals surface area (Å²) in [6, 6.07) is 9.71. The zero-order valence-corrected chi connectivity index (χ0v) is 23.0. The second-order valence-corrected chi connectivity index (χ2v) is 9.91. The highest BCUT2D eigenvalue weighted by atomic mass is 16.5. The van der Waals surface area contributed by atoms with Crippen LogP contribution in [-0.2, 0) is 29.7 Å². The minimum absolute atomic E-state index is 0.206. The number of hydrogen-bond acceptors (Lipinski definition) is 7. The molecule has 11 heteroatoms. The largest absolute Gasteiger partial charge is 0.465 e. The molecule has 0 bridgehead atoms. The topological polar surface area (TPSA) is 125 Å². The Kier molecular flexibility index (Phi) is 7.81. The van der Waals surface area contributed by atoms with Crippen LogP contribution in [0, 0.1) is 0 Å². The van der Waals surface area contributed by atoms with E-state index in [1.54, 1.807) is 10.6 Å². The van der Waals surface area contributed by atoms with E-state index in [-0.39, 0.29) is 5.69 Å². The van der Waals surface area contributed by atoms with Gasteiger partial charge in [-0.25, -0.2) is 14.7 Å². The van der Waals surface area contributed by atoms with Gasteiger partial charge in [0.2, 0.25) is 0 Å². The van der Waals surface area contributed by atoms with Gasteiger partial charge in [0.25, 0.3) is 0 Å². The number of allylic oxidation sites excluding steroid dienone is 2. The highest BCUT2D eigenvalue weighted by molar-refractivity contribution is 5.93. The number of benzene rings is 1. The number of aromatic nitrogens is 7. The van der Waals surface area contributed by atoms with E-state index in [1.807, 2.05) is 58.2 Å². The van der Waals surface area contributed by atoms with Crippen molar-refractivity contribution >= 4 is 5.97 Å². The van der Waals surface area contributed by atoms with Crippen LogP contribution in [0.1, 0.15) is 54.7 Å². The van der Waals surface area contributed by atoms with Crippen LogP contribution in [0.2, 0.25) is 0 Å². The number of dihydropyridines is 1. The number of aromatic amines is 1. The Hall–Kier alpha value is -4.67. The Labute approximate surface area is 232 Å². The van der Waals surface area contributed by atoms with Gasteiger partial charge in [-0.15, -0.1) is 5.10 Å². The molecule has 0 aliphatic carbocycles. The lowest BCUT2D eigenvalue weighted by molar-refractivity contribution is 0.0600. The van der Waals surface area contributed by atoms with Gasteiger partial charge in [0.15, 0.2) is 5.82 Å². The zero-order chi connectivity index (χ0) is 28.1. The van der Waals surface area contributed by atoms with Crippen molar-refractivity contribution in [1.82, 2.24) is 39.6 Å². The van der Waals surface area contributed by atoms with E-state index in [0.717, 1.165) is 42.5 Å². The van der Waals surface area contributed by atoms with E-state index >= 15 is 0 Å². The average molecular weight is 543 g/mol. The highest BCUT2D eigenvalue weighted by Gasteiger charge is 2.32. The number of rotatable bonds is 11. The van der Waals surface area contributed by atoms with Gasteiger partial charge in [-0.3, -0.25) is 9.13 Å². The van der Waals surface area contributed by atoms with Crippen LogP contribution in [0.5, 0.6) is 0 Å². The van der Waals surface area contributed by atoms with Crippen molar-refractivity contribution in [2.45, 2.75) is 58.0 Å². The molecule has 11 nitrogen and oxygen atoms in total. The first kappa shape index (κ1) is 26.9. The Balaban J connectivity index is 1.65. The second-order valence-electron chi connectivity index (χ2n) is 9.91. The van der Waals surface area contributed by atoms with Crippen LogP contribution in [0.15, 0.2) is 72.1 Å². The number of ether oxygens (including phenoxy) is 1. The standard InChI is InChI=1S/C29H34N8O3/c1-4-6-10-23-19-36(26-24(27(38)40-3)11-17-35(26)16-5-2)28(39)37(23)20-29(12-14-30-15-13-29)22-9-7-8-21(18-22)25-31-33-34-32-25/h7-9,11-15,17-19,30H,4-6,10,16,20H2,1-3H3,(H,31,32,33,34). The summed E-state index contributed by atoms with van der Waals surface area (Å²) in [6.45, 7) is 5.22. The molecule has 0 spiro atoms. The Bertz CT molecular complexity index is 1580. The number of aryl methyl sites for hydroxylation is 2. The van der Waals surface area contributed by atoms with E-state index in [9.17, 15) is 9.59 Å². The monoisotopic (exact) mass is 542 g/mol. The number of imidazole rings is 1. The number of hydrogen-bond donors (Lipinski definition) is 2. The van der Waals surface area contributed by atoms with Crippen LogP contribution < -0.4 is 11.0 Å². The summed E-state index contributed by atoms with van der Waals surface area (Å²) >= 11 is 0. The lowest BCUT2D eigenvalue weighted by atomic mass is 9.78. The number of unbranched alkanes of at least 4 members (excludes halogenated alkanes) is 1. The molecule has 0 amide bonds. The molecule has 0 saturated heterocycles. The molecule has 0 saturated carbocycles. The number of nitrogens with one attached hydrogen (secondary N) is 2. The zero-order valence-electron chi connectivity index (χ0n) is 23.0. The Morgan fingerprint density at radius 1 is 1.12 bits per heavy atom. The van der Waals surface area contributed by atoms with Crippen molar-refractivity contribution < 1.29 is 9.53 Å². The first-order valence-electron chi connectivity index (χ1n) is 13.6. The molecule has 40 heavy (non-hydrogen) atoms. The molecule has 0 radical (unpaired) electrons. The van der Waals surface area contributed by atoms with Crippen LogP contribution in [-0.4, -0.2) is 47.4 Å². The summed E-state index contributed by atoms with van der Waals surface area (Å²) in [5.74, 6) is 0.623. The maximum atomic E-state index is 14.2. The number of carbonyl (C=O) groups is 1. The molecule has 0 atom stereocenters. The maximum absolute atomic E-state index is 14.2. The fourth-order valence-corrected chi connectivity index (χ4v) is 5.22. The normalized spacial score (nSPS) is 13.9. The van der Waals surface area contributed by atoms with E-state index < -0.39 is 11.4 Å². The summed E-state index contributed by atoms with van der Waals surface area (Å²) < 4.78 is 10.4. The quantitative estimate of drug-likeness (QED) is 0.277. The Morgan fingerprint density at radius 2 is 1.95 bits per heavy atom. The molecule has 5 rings (SSSR count). The van der Waals surface area contributed by atoms with E-state index in [1.165, 1.54) is 7.11 Å². The summed E-state index contributed by atoms with van der Waals surface area (Å²) in [5, 5.41) is 17.4. The first-order valence-corrected chi connectivity index (χ1v) is 13.6. The second kappa shape index (κ2) is 11.6. The van der Waals surface area contributed by atoms with Gasteiger partial charge < -0.3 is 14.6 Å². The van der Waals surface area contributed by atoms with Crippen LogP contribution in [0.3, 0.4) is 0 Å². The summed E-state index contributed by atoms with van der Waals surface area (Å²) in [6.07, 6.45) is 15.1. The fraction of sp³-hybridized carbons (Fsp3) is 0.345. The fourth-order valence-electron chi connectivity index (χ4n) is 5.22. The van der Waals surface area contributed by atoms with E-state index in [4.69, 9.17) is 4.74 Å². The number of esters is 1. The Morgan fingerprint density at radius 3 is 2.65 bits per heavy atom. The molecule has 4 aromatic rings. The number of nitrogens with zero attached hydrogens (tertiary/aromatic N) is 6. The third-order valence-corrected chi connectivity index (χ3v) is 7.27. The van der Waals surface area contributed by atoms with Crippen molar-refractivity contribution in [3.63, 3.8) is 0 Å². The molecule has 4 heterocycles. The maximum Gasteiger partial charge on any atom is 0.341 e.